The maximum Gasteiger partial charge on any atom is 0.223 e. The van der Waals surface area contributed by atoms with Crippen LogP contribution in [0.3, 0.4) is 0 Å². The fraction of sp³-hybridized carbons (Fsp3) is 0.409. The number of nitrogens with zero attached hydrogens (tertiary/aromatic N) is 5. The monoisotopic (exact) mass is 457 g/mol. The first kappa shape index (κ1) is 20.9. The van der Waals surface area contributed by atoms with Crippen molar-refractivity contribution in [3.8, 4) is 0 Å². The van der Waals surface area contributed by atoms with E-state index in [4.69, 9.17) is 0 Å². The van der Waals surface area contributed by atoms with Gasteiger partial charge in [0.25, 0.3) is 0 Å². The molecule has 2 bridgehead atoms. The van der Waals surface area contributed by atoms with E-state index in [0.29, 0.717) is 18.7 Å². The highest BCUT2D eigenvalue weighted by molar-refractivity contribution is 7.91. The minimum Gasteiger partial charge on any atom is -0.347 e. The van der Waals surface area contributed by atoms with E-state index < -0.39 is 26.4 Å². The molecule has 0 radical (unpaired) electrons. The minimum atomic E-state index is -4.01. The number of imidazole rings is 1. The quantitative estimate of drug-likeness (QED) is 0.584. The molecule has 0 spiro atoms. The fourth-order valence-corrected chi connectivity index (χ4v) is 6.27. The van der Waals surface area contributed by atoms with Gasteiger partial charge in [0.1, 0.15) is 11.5 Å². The molecule has 10 heteroatoms. The number of likely N-dealkylation sites (tertiary alicyclic amines) is 1. The van der Waals surface area contributed by atoms with E-state index in [9.17, 15) is 17.6 Å². The second-order valence-corrected chi connectivity index (χ2v) is 10.5. The molecule has 2 fully saturated rings. The van der Waals surface area contributed by atoms with Gasteiger partial charge in [-0.15, -0.1) is 0 Å². The van der Waals surface area contributed by atoms with E-state index in [1.807, 2.05) is 25.3 Å². The second-order valence-electron chi connectivity index (χ2n) is 8.50. The molecule has 168 valence electrons. The number of halogens is 1. The Morgan fingerprint density at radius 1 is 1.12 bits per heavy atom. The first-order chi connectivity index (χ1) is 15.3. The third-order valence-corrected chi connectivity index (χ3v) is 8.07. The van der Waals surface area contributed by atoms with Crippen LogP contribution in [-0.2, 0) is 14.6 Å². The SMILES string of the molecule is Cc1ccc(N2C3CCC2CN(C(=O)CCS(=O)(=O)c2c(F)ccc4nccn24)C3)nc1. The summed E-state index contributed by atoms with van der Waals surface area (Å²) >= 11 is 0. The van der Waals surface area contributed by atoms with Crippen LogP contribution in [-0.4, -0.2) is 64.5 Å². The number of fused-ring (bicyclic) bond motifs is 3. The number of aromatic nitrogens is 3. The third-order valence-electron chi connectivity index (χ3n) is 6.35. The predicted octanol–water partition coefficient (Wildman–Crippen LogP) is 2.22. The van der Waals surface area contributed by atoms with E-state index in [-0.39, 0.29) is 24.4 Å². The number of pyridine rings is 2. The Balaban J connectivity index is 1.28. The maximum atomic E-state index is 14.4. The summed E-state index contributed by atoms with van der Waals surface area (Å²) in [7, 11) is -4.01. The standard InChI is InChI=1S/C22H24FN5O3S/c1-15-2-6-20(25-12-15)28-16-3-4-17(28)14-26(13-16)21(29)8-11-32(30,31)22-18(23)5-7-19-24-9-10-27(19)22/h2,5-7,9-10,12,16-17H,3-4,8,11,13-14H2,1H3. The Morgan fingerprint density at radius 3 is 2.56 bits per heavy atom. The first-order valence-electron chi connectivity index (χ1n) is 10.7. The Labute approximate surface area is 185 Å². The minimum absolute atomic E-state index is 0.168. The Kier molecular flexibility index (Phi) is 5.11. The van der Waals surface area contributed by atoms with Gasteiger partial charge >= 0.3 is 0 Å². The van der Waals surface area contributed by atoms with Gasteiger partial charge in [-0.2, -0.15) is 0 Å². The van der Waals surface area contributed by atoms with Crippen molar-refractivity contribution in [2.24, 2.45) is 0 Å². The highest BCUT2D eigenvalue weighted by atomic mass is 32.2. The number of piperazine rings is 1. The summed E-state index contributed by atoms with van der Waals surface area (Å²) < 4.78 is 41.4. The molecule has 3 aromatic rings. The van der Waals surface area contributed by atoms with Crippen LogP contribution >= 0.6 is 0 Å². The van der Waals surface area contributed by atoms with Crippen molar-refractivity contribution in [1.29, 1.82) is 0 Å². The largest absolute Gasteiger partial charge is 0.347 e. The van der Waals surface area contributed by atoms with Crippen LogP contribution in [0.15, 0.2) is 47.9 Å². The molecule has 2 aliphatic rings. The Hall–Kier alpha value is -3.01. The van der Waals surface area contributed by atoms with E-state index in [1.165, 1.54) is 22.9 Å². The number of carbonyl (C=O) groups is 1. The molecule has 32 heavy (non-hydrogen) atoms. The number of rotatable bonds is 5. The van der Waals surface area contributed by atoms with Crippen molar-refractivity contribution in [3.63, 3.8) is 0 Å². The van der Waals surface area contributed by atoms with Crippen LogP contribution < -0.4 is 4.90 Å². The predicted molar refractivity (Wildman–Crippen MR) is 117 cm³/mol. The van der Waals surface area contributed by atoms with Crippen molar-refractivity contribution in [1.82, 2.24) is 19.3 Å². The van der Waals surface area contributed by atoms with E-state index in [2.05, 4.69) is 14.9 Å². The van der Waals surface area contributed by atoms with E-state index in [1.54, 1.807) is 4.90 Å². The summed E-state index contributed by atoms with van der Waals surface area (Å²) in [5.74, 6) is -0.600. The molecule has 2 atom stereocenters. The highest BCUT2D eigenvalue weighted by Gasteiger charge is 2.42. The lowest BCUT2D eigenvalue weighted by atomic mass is 10.1. The smallest absolute Gasteiger partial charge is 0.223 e. The fourth-order valence-electron chi connectivity index (χ4n) is 4.81. The number of aryl methyl sites for hydroxylation is 1. The van der Waals surface area contributed by atoms with Crippen LogP contribution in [0.5, 0.6) is 0 Å². The molecule has 8 nitrogen and oxygen atoms in total. The van der Waals surface area contributed by atoms with Gasteiger partial charge < -0.3 is 9.80 Å². The molecule has 5 rings (SSSR count). The second kappa shape index (κ2) is 7.84. The van der Waals surface area contributed by atoms with Crippen molar-refractivity contribution in [3.05, 3.63) is 54.2 Å². The molecule has 0 saturated carbocycles. The number of anilines is 1. The molecule has 0 aliphatic carbocycles. The van der Waals surface area contributed by atoms with E-state index >= 15 is 0 Å². The number of hydrogen-bond acceptors (Lipinski definition) is 6. The zero-order valence-electron chi connectivity index (χ0n) is 17.7. The molecular weight excluding hydrogens is 433 g/mol. The average Bonchev–Trinajstić information content (AvgIpc) is 3.33. The topological polar surface area (TPSA) is 87.9 Å². The van der Waals surface area contributed by atoms with Crippen LogP contribution in [0.4, 0.5) is 10.2 Å². The third kappa shape index (κ3) is 3.62. The van der Waals surface area contributed by atoms with Gasteiger partial charge in [0.15, 0.2) is 20.7 Å². The van der Waals surface area contributed by atoms with Crippen molar-refractivity contribution in [2.75, 3.05) is 23.7 Å². The van der Waals surface area contributed by atoms with Crippen molar-refractivity contribution >= 4 is 27.2 Å². The molecule has 5 heterocycles. The molecule has 0 aromatic carbocycles. The Morgan fingerprint density at radius 2 is 1.88 bits per heavy atom. The number of carbonyl (C=O) groups excluding carboxylic acids is 1. The summed E-state index contributed by atoms with van der Waals surface area (Å²) in [6.45, 7) is 3.07. The summed E-state index contributed by atoms with van der Waals surface area (Å²) in [5.41, 5.74) is 1.44. The molecule has 1 amide bonds. The van der Waals surface area contributed by atoms with Crippen LogP contribution in [0.1, 0.15) is 24.8 Å². The van der Waals surface area contributed by atoms with Gasteiger partial charge in [-0.1, -0.05) is 6.07 Å². The normalized spacial score (nSPS) is 20.8. The Bertz CT molecular complexity index is 1260. The number of sulfone groups is 1. The molecule has 2 aliphatic heterocycles. The van der Waals surface area contributed by atoms with Gasteiger partial charge in [0, 0.05) is 50.2 Å². The van der Waals surface area contributed by atoms with Gasteiger partial charge in [-0.25, -0.2) is 22.8 Å². The lowest BCUT2D eigenvalue weighted by molar-refractivity contribution is -0.131. The first-order valence-corrected chi connectivity index (χ1v) is 12.3. The van der Waals surface area contributed by atoms with E-state index in [0.717, 1.165) is 30.3 Å². The van der Waals surface area contributed by atoms with Crippen molar-refractivity contribution in [2.45, 2.75) is 43.3 Å². The zero-order chi connectivity index (χ0) is 22.5. The molecule has 2 saturated heterocycles. The van der Waals surface area contributed by atoms with Gasteiger partial charge in [0.05, 0.1) is 5.75 Å². The molecule has 3 aromatic heterocycles. The molecule has 0 N–H and O–H groups in total. The molecule has 2 unspecified atom stereocenters. The number of hydrogen-bond donors (Lipinski definition) is 0. The lowest BCUT2D eigenvalue weighted by Gasteiger charge is -2.41. The molecular formula is C22H24FN5O3S. The van der Waals surface area contributed by atoms with Gasteiger partial charge in [-0.3, -0.25) is 9.20 Å². The summed E-state index contributed by atoms with van der Waals surface area (Å²) in [5, 5.41) is -0.448. The van der Waals surface area contributed by atoms with Crippen LogP contribution in [0.2, 0.25) is 0 Å². The van der Waals surface area contributed by atoms with Crippen LogP contribution in [0, 0.1) is 12.7 Å². The summed E-state index contributed by atoms with van der Waals surface area (Å²) in [6.07, 6.45) is 6.42. The van der Waals surface area contributed by atoms with Gasteiger partial charge in [-0.05, 0) is 43.5 Å². The summed E-state index contributed by atoms with van der Waals surface area (Å²) in [6, 6.07) is 6.88. The lowest BCUT2D eigenvalue weighted by Crippen LogP contribution is -2.55. The van der Waals surface area contributed by atoms with Crippen molar-refractivity contribution < 1.29 is 17.6 Å². The van der Waals surface area contributed by atoms with Crippen LogP contribution in [0.25, 0.3) is 5.65 Å². The summed E-state index contributed by atoms with van der Waals surface area (Å²) in [4.78, 5) is 25.5. The average molecular weight is 458 g/mol. The van der Waals surface area contributed by atoms with Gasteiger partial charge in [0.2, 0.25) is 5.91 Å². The highest BCUT2D eigenvalue weighted by Crippen LogP contribution is 2.34. The number of amides is 1. The maximum absolute atomic E-state index is 14.4. The zero-order valence-corrected chi connectivity index (χ0v) is 18.5.